The summed E-state index contributed by atoms with van der Waals surface area (Å²) in [5.74, 6) is -1.04. The largest absolute Gasteiger partial charge is 0.481 e. The van der Waals surface area contributed by atoms with Gasteiger partial charge < -0.3 is 15.3 Å². The van der Waals surface area contributed by atoms with E-state index in [0.29, 0.717) is 32.5 Å². The smallest absolute Gasteiger partial charge is 0.317 e. The van der Waals surface area contributed by atoms with Gasteiger partial charge in [-0.3, -0.25) is 4.79 Å². The summed E-state index contributed by atoms with van der Waals surface area (Å²) in [7, 11) is 0. The van der Waals surface area contributed by atoms with Crippen molar-refractivity contribution in [1.82, 2.24) is 10.2 Å². The first-order chi connectivity index (χ1) is 8.15. The highest BCUT2D eigenvalue weighted by Gasteiger charge is 2.26. The van der Waals surface area contributed by atoms with Gasteiger partial charge in [0.05, 0.1) is 5.92 Å². The maximum absolute atomic E-state index is 11.7. The Kier molecular flexibility index (Phi) is 5.52. The number of amides is 2. The lowest BCUT2D eigenvalue weighted by Gasteiger charge is -2.30. The van der Waals surface area contributed by atoms with Crippen LogP contribution in [0, 0.1) is 5.92 Å². The van der Waals surface area contributed by atoms with E-state index in [1.54, 1.807) is 4.90 Å². The minimum absolute atomic E-state index is 0.0849. The van der Waals surface area contributed by atoms with E-state index in [2.05, 4.69) is 5.32 Å². The Labute approximate surface area is 101 Å². The van der Waals surface area contributed by atoms with E-state index in [4.69, 9.17) is 5.11 Å². The molecule has 5 nitrogen and oxygen atoms in total. The summed E-state index contributed by atoms with van der Waals surface area (Å²) in [6.45, 7) is 3.64. The van der Waals surface area contributed by atoms with Crippen molar-refractivity contribution in [3.8, 4) is 0 Å². The molecule has 5 heteroatoms. The number of hydrogen-bond acceptors (Lipinski definition) is 2. The van der Waals surface area contributed by atoms with Crippen molar-refractivity contribution in [2.75, 3.05) is 19.6 Å². The lowest BCUT2D eigenvalue weighted by Crippen LogP contribution is -2.45. The fourth-order valence-electron chi connectivity index (χ4n) is 1.87. The SMILES string of the molecule is C/C=C/CCNC(=O)N1CCC(C(=O)O)CC1. The summed E-state index contributed by atoms with van der Waals surface area (Å²) in [5, 5.41) is 11.7. The number of nitrogens with one attached hydrogen (secondary N) is 1. The molecule has 0 bridgehead atoms. The summed E-state index contributed by atoms with van der Waals surface area (Å²) in [4.78, 5) is 24.1. The number of carboxylic acid groups (broad SMARTS) is 1. The number of likely N-dealkylation sites (tertiary alicyclic amines) is 1. The Morgan fingerprint density at radius 3 is 2.59 bits per heavy atom. The van der Waals surface area contributed by atoms with Gasteiger partial charge in [-0.15, -0.1) is 0 Å². The van der Waals surface area contributed by atoms with Crippen LogP contribution in [0.4, 0.5) is 4.79 Å². The minimum Gasteiger partial charge on any atom is -0.481 e. The van der Waals surface area contributed by atoms with Gasteiger partial charge >= 0.3 is 12.0 Å². The number of piperidine rings is 1. The first-order valence-corrected chi connectivity index (χ1v) is 6.02. The van der Waals surface area contributed by atoms with Gasteiger partial charge in [-0.25, -0.2) is 4.79 Å². The van der Waals surface area contributed by atoms with Gasteiger partial charge in [0.15, 0.2) is 0 Å². The average molecular weight is 240 g/mol. The topological polar surface area (TPSA) is 69.6 Å². The Morgan fingerprint density at radius 2 is 2.06 bits per heavy atom. The van der Waals surface area contributed by atoms with Crippen LogP contribution >= 0.6 is 0 Å². The van der Waals surface area contributed by atoms with Gasteiger partial charge in [0.2, 0.25) is 0 Å². The van der Waals surface area contributed by atoms with Crippen LogP contribution in [-0.4, -0.2) is 41.6 Å². The predicted octanol–water partition coefficient (Wildman–Crippen LogP) is 1.46. The molecule has 2 amide bonds. The zero-order chi connectivity index (χ0) is 12.7. The number of allylic oxidation sites excluding steroid dienone is 1. The molecule has 1 saturated heterocycles. The van der Waals surface area contributed by atoms with E-state index in [1.807, 2.05) is 19.1 Å². The maximum Gasteiger partial charge on any atom is 0.317 e. The number of urea groups is 1. The molecule has 1 aliphatic heterocycles. The van der Waals surface area contributed by atoms with Crippen LogP contribution in [-0.2, 0) is 4.79 Å². The molecule has 1 rings (SSSR count). The maximum atomic E-state index is 11.7. The average Bonchev–Trinajstić information content (AvgIpc) is 2.34. The van der Waals surface area contributed by atoms with Crippen LogP contribution in [0.3, 0.4) is 0 Å². The molecule has 0 spiro atoms. The number of carbonyl (C=O) groups is 2. The molecule has 96 valence electrons. The highest BCUT2D eigenvalue weighted by molar-refractivity contribution is 5.75. The Morgan fingerprint density at radius 1 is 1.41 bits per heavy atom. The van der Waals surface area contributed by atoms with Crippen molar-refractivity contribution in [2.45, 2.75) is 26.2 Å². The number of carbonyl (C=O) groups excluding carboxylic acids is 1. The van der Waals surface area contributed by atoms with E-state index in [-0.39, 0.29) is 11.9 Å². The van der Waals surface area contributed by atoms with Crippen molar-refractivity contribution in [1.29, 1.82) is 0 Å². The standard InChI is InChI=1S/C12H20N2O3/c1-2-3-4-7-13-12(17)14-8-5-10(6-9-14)11(15)16/h2-3,10H,4-9H2,1H3,(H,13,17)(H,15,16)/b3-2+. The van der Waals surface area contributed by atoms with Gasteiger partial charge in [-0.1, -0.05) is 12.2 Å². The molecule has 0 aromatic heterocycles. The van der Waals surface area contributed by atoms with Crippen LogP contribution in [0.2, 0.25) is 0 Å². The van der Waals surface area contributed by atoms with Crippen LogP contribution in [0.1, 0.15) is 26.2 Å². The van der Waals surface area contributed by atoms with Crippen LogP contribution in [0.25, 0.3) is 0 Å². The monoisotopic (exact) mass is 240 g/mol. The van der Waals surface area contributed by atoms with Crippen molar-refractivity contribution in [3.05, 3.63) is 12.2 Å². The fraction of sp³-hybridized carbons (Fsp3) is 0.667. The van der Waals surface area contributed by atoms with Gasteiger partial charge in [-0.05, 0) is 26.2 Å². The number of carboxylic acids is 1. The van der Waals surface area contributed by atoms with E-state index in [9.17, 15) is 9.59 Å². The van der Waals surface area contributed by atoms with E-state index in [0.717, 1.165) is 6.42 Å². The molecule has 0 saturated carbocycles. The summed E-state index contributed by atoms with van der Waals surface area (Å²) in [6.07, 6.45) is 5.88. The zero-order valence-electron chi connectivity index (χ0n) is 10.2. The summed E-state index contributed by atoms with van der Waals surface area (Å²) >= 11 is 0. The Balaban J connectivity index is 2.23. The number of nitrogens with zero attached hydrogens (tertiary/aromatic N) is 1. The summed E-state index contributed by atoms with van der Waals surface area (Å²) in [6, 6.07) is -0.0849. The van der Waals surface area contributed by atoms with Crippen LogP contribution in [0.5, 0.6) is 0 Å². The van der Waals surface area contributed by atoms with Gasteiger partial charge in [0, 0.05) is 19.6 Å². The molecule has 0 aromatic carbocycles. The molecule has 2 N–H and O–H groups in total. The van der Waals surface area contributed by atoms with Gasteiger partial charge in [0.1, 0.15) is 0 Å². The molecule has 0 atom stereocenters. The third kappa shape index (κ3) is 4.46. The van der Waals surface area contributed by atoms with E-state index >= 15 is 0 Å². The predicted molar refractivity (Wildman–Crippen MR) is 64.8 cm³/mol. The molecule has 0 aliphatic carbocycles. The van der Waals surface area contributed by atoms with Crippen LogP contribution < -0.4 is 5.32 Å². The lowest BCUT2D eigenvalue weighted by atomic mass is 9.97. The minimum atomic E-state index is -0.752. The van der Waals surface area contributed by atoms with E-state index < -0.39 is 5.97 Å². The molecular formula is C12H20N2O3. The molecular weight excluding hydrogens is 220 g/mol. The molecule has 0 radical (unpaired) electrons. The first kappa shape index (κ1) is 13.5. The molecule has 0 aromatic rings. The summed E-state index contributed by atoms with van der Waals surface area (Å²) < 4.78 is 0. The van der Waals surface area contributed by atoms with E-state index in [1.165, 1.54) is 0 Å². The third-order valence-electron chi connectivity index (χ3n) is 2.95. The van der Waals surface area contributed by atoms with Crippen LogP contribution in [0.15, 0.2) is 12.2 Å². The highest BCUT2D eigenvalue weighted by Crippen LogP contribution is 2.16. The van der Waals surface area contributed by atoms with Crippen molar-refractivity contribution in [3.63, 3.8) is 0 Å². The Hall–Kier alpha value is -1.52. The Bertz CT molecular complexity index is 294. The van der Waals surface area contributed by atoms with Gasteiger partial charge in [0.25, 0.3) is 0 Å². The number of rotatable bonds is 4. The first-order valence-electron chi connectivity index (χ1n) is 6.02. The molecule has 1 aliphatic rings. The molecule has 1 fully saturated rings. The van der Waals surface area contributed by atoms with Crippen molar-refractivity contribution >= 4 is 12.0 Å². The normalized spacial score (nSPS) is 17.4. The second-order valence-electron chi connectivity index (χ2n) is 4.19. The number of aliphatic carboxylic acids is 1. The van der Waals surface area contributed by atoms with Gasteiger partial charge in [-0.2, -0.15) is 0 Å². The highest BCUT2D eigenvalue weighted by atomic mass is 16.4. The number of hydrogen-bond donors (Lipinski definition) is 2. The zero-order valence-corrected chi connectivity index (χ0v) is 10.2. The third-order valence-corrected chi connectivity index (χ3v) is 2.95. The summed E-state index contributed by atoms with van der Waals surface area (Å²) in [5.41, 5.74) is 0. The molecule has 17 heavy (non-hydrogen) atoms. The van der Waals surface area contributed by atoms with Crippen molar-refractivity contribution in [2.24, 2.45) is 5.92 Å². The second kappa shape index (κ2) is 6.93. The fourth-order valence-corrected chi connectivity index (χ4v) is 1.87. The lowest BCUT2D eigenvalue weighted by molar-refractivity contribution is -0.143. The quantitative estimate of drug-likeness (QED) is 0.577. The molecule has 0 unspecified atom stereocenters. The van der Waals surface area contributed by atoms with Crippen molar-refractivity contribution < 1.29 is 14.7 Å². The second-order valence-corrected chi connectivity index (χ2v) is 4.19. The molecule has 1 heterocycles.